The van der Waals surface area contributed by atoms with Crippen molar-refractivity contribution in [3.05, 3.63) is 74.8 Å². The van der Waals surface area contributed by atoms with Crippen molar-refractivity contribution in [2.45, 2.75) is 19.4 Å². The lowest BCUT2D eigenvalue weighted by molar-refractivity contribution is 0.0852. The molecule has 0 aliphatic carbocycles. The van der Waals surface area contributed by atoms with E-state index in [1.807, 2.05) is 54.6 Å². The number of benzene rings is 2. The van der Waals surface area contributed by atoms with E-state index in [0.717, 1.165) is 17.7 Å². The predicted octanol–water partition coefficient (Wildman–Crippen LogP) is 3.00. The van der Waals surface area contributed by atoms with E-state index < -0.39 is 6.10 Å². The van der Waals surface area contributed by atoms with Crippen molar-refractivity contribution in [2.75, 3.05) is 13.2 Å². The summed E-state index contributed by atoms with van der Waals surface area (Å²) >= 11 is 1.29. The predicted molar refractivity (Wildman–Crippen MR) is 113 cm³/mol. The van der Waals surface area contributed by atoms with E-state index in [1.165, 1.54) is 15.9 Å². The molecule has 30 heavy (non-hydrogen) atoms. The minimum absolute atomic E-state index is 0.212. The number of fused-ring (bicyclic) bond motifs is 2. The quantitative estimate of drug-likeness (QED) is 0.493. The van der Waals surface area contributed by atoms with Crippen LogP contribution in [-0.2, 0) is 0 Å². The van der Waals surface area contributed by atoms with Gasteiger partial charge in [0, 0.05) is 5.56 Å². The van der Waals surface area contributed by atoms with Crippen LogP contribution in [0.1, 0.15) is 30.8 Å². The van der Waals surface area contributed by atoms with E-state index in [0.29, 0.717) is 40.0 Å². The van der Waals surface area contributed by atoms with Gasteiger partial charge in [0.2, 0.25) is 4.96 Å². The Morgan fingerprint density at radius 3 is 2.83 bits per heavy atom. The van der Waals surface area contributed by atoms with Crippen LogP contribution in [-0.4, -0.2) is 27.8 Å². The molecule has 3 heterocycles. The van der Waals surface area contributed by atoms with Crippen LogP contribution in [0, 0.1) is 0 Å². The van der Waals surface area contributed by atoms with Crippen LogP contribution < -0.4 is 24.3 Å². The average Bonchev–Trinajstić information content (AvgIpc) is 3.32. The number of hydrogen-bond donors (Lipinski definition) is 0. The summed E-state index contributed by atoms with van der Waals surface area (Å²) in [5, 5.41) is 4.39. The van der Waals surface area contributed by atoms with Gasteiger partial charge < -0.3 is 14.2 Å². The molecule has 4 aromatic rings. The summed E-state index contributed by atoms with van der Waals surface area (Å²) in [6, 6.07) is 15.1. The number of para-hydroxylation sites is 3. The minimum atomic E-state index is -0.456. The molecule has 2 aromatic heterocycles. The standard InChI is InChI=1S/C22H19N3O4S/c1-2-11-27-15-8-4-3-7-14(15)12-19-21(26)25-22(30-19)23-20(24-25)18-13-28-16-9-5-6-10-17(16)29-18/h3-10,12,18H,2,11,13H2,1H3/b19-12-/t18-/m0/s1. The summed E-state index contributed by atoms with van der Waals surface area (Å²) in [5.74, 6) is 2.53. The first-order valence-corrected chi connectivity index (χ1v) is 10.6. The summed E-state index contributed by atoms with van der Waals surface area (Å²) in [4.78, 5) is 17.9. The fourth-order valence-electron chi connectivity index (χ4n) is 3.22. The first kappa shape index (κ1) is 18.6. The molecule has 1 aliphatic rings. The number of ether oxygens (including phenoxy) is 3. The normalized spacial score (nSPS) is 16.2. The Morgan fingerprint density at radius 1 is 1.20 bits per heavy atom. The SMILES string of the molecule is CCCOc1ccccc1/C=c1\sc2nc([C@@H]3COc4ccccc4O3)nn2c1=O. The third kappa shape index (κ3) is 3.39. The van der Waals surface area contributed by atoms with Gasteiger partial charge in [-0.3, -0.25) is 4.79 Å². The highest BCUT2D eigenvalue weighted by Gasteiger charge is 2.27. The van der Waals surface area contributed by atoms with Gasteiger partial charge >= 0.3 is 0 Å². The molecule has 0 saturated carbocycles. The summed E-state index contributed by atoms with van der Waals surface area (Å²) in [6.45, 7) is 2.98. The van der Waals surface area contributed by atoms with Crippen molar-refractivity contribution in [2.24, 2.45) is 0 Å². The second-order valence-electron chi connectivity index (χ2n) is 6.83. The molecule has 0 bridgehead atoms. The van der Waals surface area contributed by atoms with Crippen LogP contribution in [0.4, 0.5) is 0 Å². The van der Waals surface area contributed by atoms with Crippen molar-refractivity contribution in [3.8, 4) is 17.2 Å². The molecule has 0 saturated heterocycles. The molecule has 0 amide bonds. The maximum Gasteiger partial charge on any atom is 0.291 e. The Kier molecular flexibility index (Phi) is 4.84. The summed E-state index contributed by atoms with van der Waals surface area (Å²) in [6.07, 6.45) is 2.28. The molecular weight excluding hydrogens is 402 g/mol. The van der Waals surface area contributed by atoms with Gasteiger partial charge in [-0.1, -0.05) is 48.6 Å². The van der Waals surface area contributed by atoms with Gasteiger partial charge in [-0.2, -0.15) is 9.50 Å². The average molecular weight is 421 g/mol. The maximum absolute atomic E-state index is 12.9. The zero-order valence-corrected chi connectivity index (χ0v) is 17.1. The smallest absolute Gasteiger partial charge is 0.291 e. The molecule has 5 rings (SSSR count). The van der Waals surface area contributed by atoms with Crippen LogP contribution in [0.5, 0.6) is 17.2 Å². The van der Waals surface area contributed by atoms with E-state index in [2.05, 4.69) is 17.0 Å². The molecule has 2 aromatic carbocycles. The van der Waals surface area contributed by atoms with Crippen LogP contribution >= 0.6 is 11.3 Å². The number of aromatic nitrogens is 3. The van der Waals surface area contributed by atoms with E-state index in [-0.39, 0.29) is 5.56 Å². The Hall–Kier alpha value is -3.39. The molecule has 7 nitrogen and oxygen atoms in total. The minimum Gasteiger partial charge on any atom is -0.493 e. The monoisotopic (exact) mass is 421 g/mol. The topological polar surface area (TPSA) is 74.9 Å². The molecule has 152 valence electrons. The van der Waals surface area contributed by atoms with Crippen LogP contribution in [0.25, 0.3) is 11.0 Å². The first-order chi connectivity index (χ1) is 14.7. The summed E-state index contributed by atoms with van der Waals surface area (Å²) < 4.78 is 19.3. The molecule has 1 aliphatic heterocycles. The lowest BCUT2D eigenvalue weighted by Crippen LogP contribution is -2.26. The first-order valence-electron chi connectivity index (χ1n) is 9.74. The van der Waals surface area contributed by atoms with Crippen molar-refractivity contribution in [1.29, 1.82) is 0 Å². The summed E-state index contributed by atoms with van der Waals surface area (Å²) in [7, 11) is 0. The van der Waals surface area contributed by atoms with E-state index in [9.17, 15) is 4.79 Å². The molecule has 0 N–H and O–H groups in total. The zero-order chi connectivity index (χ0) is 20.5. The Labute approximate surface area is 176 Å². The highest BCUT2D eigenvalue weighted by Crippen LogP contribution is 2.35. The maximum atomic E-state index is 12.9. The van der Waals surface area contributed by atoms with E-state index in [4.69, 9.17) is 14.2 Å². The number of thiazole rings is 1. The van der Waals surface area contributed by atoms with Gasteiger partial charge in [-0.25, -0.2) is 0 Å². The highest BCUT2D eigenvalue weighted by molar-refractivity contribution is 7.15. The van der Waals surface area contributed by atoms with E-state index >= 15 is 0 Å². The Bertz CT molecular complexity index is 1310. The second kappa shape index (κ2) is 7.79. The van der Waals surface area contributed by atoms with Crippen molar-refractivity contribution < 1.29 is 14.2 Å². The lowest BCUT2D eigenvalue weighted by Gasteiger charge is -2.24. The van der Waals surface area contributed by atoms with Crippen molar-refractivity contribution >= 4 is 22.4 Å². The van der Waals surface area contributed by atoms with Gasteiger partial charge in [0.25, 0.3) is 5.56 Å². The van der Waals surface area contributed by atoms with Crippen molar-refractivity contribution in [3.63, 3.8) is 0 Å². The van der Waals surface area contributed by atoms with Gasteiger partial charge in [-0.05, 0) is 30.7 Å². The third-order valence-electron chi connectivity index (χ3n) is 4.66. The second-order valence-corrected chi connectivity index (χ2v) is 7.84. The lowest BCUT2D eigenvalue weighted by atomic mass is 10.2. The fraction of sp³-hybridized carbons (Fsp3) is 0.227. The summed E-state index contributed by atoms with van der Waals surface area (Å²) in [5.41, 5.74) is 0.643. The largest absolute Gasteiger partial charge is 0.493 e. The molecule has 0 radical (unpaired) electrons. The van der Waals surface area contributed by atoms with Crippen LogP contribution in [0.2, 0.25) is 0 Å². The van der Waals surface area contributed by atoms with Crippen LogP contribution in [0.3, 0.4) is 0 Å². The Morgan fingerprint density at radius 2 is 2.00 bits per heavy atom. The molecule has 0 unspecified atom stereocenters. The van der Waals surface area contributed by atoms with Gasteiger partial charge in [-0.15, -0.1) is 5.10 Å². The molecule has 0 spiro atoms. The van der Waals surface area contributed by atoms with Gasteiger partial charge in [0.05, 0.1) is 11.1 Å². The van der Waals surface area contributed by atoms with E-state index in [1.54, 1.807) is 0 Å². The van der Waals surface area contributed by atoms with Gasteiger partial charge in [0.1, 0.15) is 12.4 Å². The number of hydrogen-bond acceptors (Lipinski definition) is 7. The Balaban J connectivity index is 1.47. The molecule has 8 heteroatoms. The number of rotatable bonds is 5. The number of nitrogens with zero attached hydrogens (tertiary/aromatic N) is 3. The highest BCUT2D eigenvalue weighted by atomic mass is 32.1. The van der Waals surface area contributed by atoms with Crippen molar-refractivity contribution in [1.82, 2.24) is 14.6 Å². The fourth-order valence-corrected chi connectivity index (χ4v) is 4.12. The van der Waals surface area contributed by atoms with Crippen LogP contribution in [0.15, 0.2) is 53.3 Å². The third-order valence-corrected chi connectivity index (χ3v) is 5.62. The molecule has 1 atom stereocenters. The zero-order valence-electron chi connectivity index (χ0n) is 16.3. The van der Waals surface area contributed by atoms with Gasteiger partial charge in [0.15, 0.2) is 23.4 Å². The molecular formula is C22H19N3O4S. The molecule has 0 fully saturated rings.